The van der Waals surface area contributed by atoms with E-state index in [1.165, 1.54) is 25.7 Å². The summed E-state index contributed by atoms with van der Waals surface area (Å²) in [6.45, 7) is 3.04. The fourth-order valence-electron chi connectivity index (χ4n) is 1.46. The van der Waals surface area contributed by atoms with E-state index in [2.05, 4.69) is 11.0 Å². The summed E-state index contributed by atoms with van der Waals surface area (Å²) < 4.78 is 0. The van der Waals surface area contributed by atoms with Gasteiger partial charge in [-0.2, -0.15) is 5.26 Å². The summed E-state index contributed by atoms with van der Waals surface area (Å²) in [6.07, 6.45) is 5.52. The SMILES string of the molecule is CC(C#N)N(C)CCC1CCC1. The lowest BCUT2D eigenvalue weighted by molar-refractivity contribution is 0.226. The van der Waals surface area contributed by atoms with E-state index in [0.717, 1.165) is 12.5 Å². The molecule has 1 fully saturated rings. The molecule has 1 unspecified atom stereocenters. The molecule has 1 aliphatic carbocycles. The summed E-state index contributed by atoms with van der Waals surface area (Å²) in [7, 11) is 2.03. The van der Waals surface area contributed by atoms with Crippen molar-refractivity contribution in [3.05, 3.63) is 0 Å². The van der Waals surface area contributed by atoms with Crippen molar-refractivity contribution >= 4 is 0 Å². The second kappa shape index (κ2) is 4.47. The Labute approximate surface area is 75.2 Å². The summed E-state index contributed by atoms with van der Waals surface area (Å²) in [5.41, 5.74) is 0. The third kappa shape index (κ3) is 2.49. The van der Waals surface area contributed by atoms with Crippen LogP contribution in [0.1, 0.15) is 32.6 Å². The lowest BCUT2D eigenvalue weighted by Crippen LogP contribution is -2.30. The van der Waals surface area contributed by atoms with Crippen LogP contribution >= 0.6 is 0 Å². The van der Waals surface area contributed by atoms with Crippen LogP contribution in [-0.4, -0.2) is 24.5 Å². The van der Waals surface area contributed by atoms with Crippen molar-refractivity contribution in [2.45, 2.75) is 38.6 Å². The van der Waals surface area contributed by atoms with Crippen molar-refractivity contribution in [3.63, 3.8) is 0 Å². The molecule has 68 valence electrons. The standard InChI is InChI=1S/C10H18N2/c1-9(8-11)12(2)7-6-10-4-3-5-10/h9-10H,3-7H2,1-2H3. The summed E-state index contributed by atoms with van der Waals surface area (Å²) in [4.78, 5) is 2.14. The lowest BCUT2D eigenvalue weighted by Gasteiger charge is -2.28. The number of nitrogens with zero attached hydrogens (tertiary/aromatic N) is 2. The van der Waals surface area contributed by atoms with Crippen LogP contribution < -0.4 is 0 Å². The van der Waals surface area contributed by atoms with Crippen molar-refractivity contribution < 1.29 is 0 Å². The molecule has 0 amide bonds. The van der Waals surface area contributed by atoms with Crippen LogP contribution in [0, 0.1) is 17.2 Å². The zero-order chi connectivity index (χ0) is 8.97. The Morgan fingerprint density at radius 3 is 2.67 bits per heavy atom. The summed E-state index contributed by atoms with van der Waals surface area (Å²) in [5, 5.41) is 8.65. The molecular weight excluding hydrogens is 148 g/mol. The first-order valence-corrected chi connectivity index (χ1v) is 4.84. The highest BCUT2D eigenvalue weighted by Crippen LogP contribution is 2.29. The molecule has 1 atom stereocenters. The average molecular weight is 166 g/mol. The van der Waals surface area contributed by atoms with E-state index in [9.17, 15) is 0 Å². The van der Waals surface area contributed by atoms with Gasteiger partial charge in [0.25, 0.3) is 0 Å². The molecule has 12 heavy (non-hydrogen) atoms. The summed E-state index contributed by atoms with van der Waals surface area (Å²) in [6, 6.07) is 2.32. The van der Waals surface area contributed by atoms with Crippen LogP contribution in [0.15, 0.2) is 0 Å². The van der Waals surface area contributed by atoms with Gasteiger partial charge in [0.05, 0.1) is 12.1 Å². The molecule has 0 aromatic heterocycles. The quantitative estimate of drug-likeness (QED) is 0.639. The number of nitriles is 1. The first kappa shape index (κ1) is 9.54. The van der Waals surface area contributed by atoms with Crippen LogP contribution in [0.4, 0.5) is 0 Å². The molecule has 0 bridgehead atoms. The predicted octanol–water partition coefficient (Wildman–Crippen LogP) is 2.02. The maximum absolute atomic E-state index is 8.65. The second-order valence-electron chi connectivity index (χ2n) is 3.87. The Morgan fingerprint density at radius 2 is 2.25 bits per heavy atom. The first-order chi connectivity index (χ1) is 5.74. The first-order valence-electron chi connectivity index (χ1n) is 4.84. The minimum atomic E-state index is 0.0741. The van der Waals surface area contributed by atoms with Crippen molar-refractivity contribution in [1.29, 1.82) is 5.26 Å². The monoisotopic (exact) mass is 166 g/mol. The Balaban J connectivity index is 2.09. The minimum Gasteiger partial charge on any atom is -0.291 e. The van der Waals surface area contributed by atoms with Gasteiger partial charge in [-0.25, -0.2) is 0 Å². The van der Waals surface area contributed by atoms with E-state index in [4.69, 9.17) is 5.26 Å². The molecule has 0 N–H and O–H groups in total. The summed E-state index contributed by atoms with van der Waals surface area (Å²) in [5.74, 6) is 0.957. The average Bonchev–Trinajstić information content (AvgIpc) is 2.00. The van der Waals surface area contributed by atoms with Gasteiger partial charge in [0.2, 0.25) is 0 Å². The molecule has 2 nitrogen and oxygen atoms in total. The molecule has 1 saturated carbocycles. The smallest absolute Gasteiger partial charge is 0.0946 e. The number of hydrogen-bond acceptors (Lipinski definition) is 2. The fourth-order valence-corrected chi connectivity index (χ4v) is 1.46. The van der Waals surface area contributed by atoms with Gasteiger partial charge in [0.1, 0.15) is 0 Å². The van der Waals surface area contributed by atoms with Crippen LogP contribution in [0.5, 0.6) is 0 Å². The molecule has 0 aromatic carbocycles. The Bertz CT molecular complexity index is 167. The second-order valence-corrected chi connectivity index (χ2v) is 3.87. The molecule has 0 spiro atoms. The molecule has 1 aliphatic rings. The maximum Gasteiger partial charge on any atom is 0.0946 e. The molecule has 0 heterocycles. The summed E-state index contributed by atoms with van der Waals surface area (Å²) >= 11 is 0. The maximum atomic E-state index is 8.65. The van der Waals surface area contributed by atoms with Crippen LogP contribution in [0.3, 0.4) is 0 Å². The van der Waals surface area contributed by atoms with Gasteiger partial charge in [-0.15, -0.1) is 0 Å². The normalized spacial score (nSPS) is 20.2. The highest BCUT2D eigenvalue weighted by atomic mass is 15.1. The Kier molecular flexibility index (Phi) is 3.55. The van der Waals surface area contributed by atoms with Gasteiger partial charge >= 0.3 is 0 Å². The highest BCUT2D eigenvalue weighted by molar-refractivity contribution is 4.86. The predicted molar refractivity (Wildman–Crippen MR) is 49.7 cm³/mol. The molecule has 2 heteroatoms. The molecule has 0 saturated heterocycles. The van der Waals surface area contributed by atoms with Crippen LogP contribution in [0.2, 0.25) is 0 Å². The molecule has 0 aliphatic heterocycles. The van der Waals surface area contributed by atoms with Gasteiger partial charge < -0.3 is 0 Å². The van der Waals surface area contributed by atoms with E-state index >= 15 is 0 Å². The zero-order valence-corrected chi connectivity index (χ0v) is 8.08. The molecular formula is C10H18N2. The third-order valence-corrected chi connectivity index (χ3v) is 2.96. The van der Waals surface area contributed by atoms with Crippen molar-refractivity contribution in [3.8, 4) is 6.07 Å². The van der Waals surface area contributed by atoms with Gasteiger partial charge in [-0.3, -0.25) is 4.90 Å². The van der Waals surface area contributed by atoms with Crippen LogP contribution in [0.25, 0.3) is 0 Å². The van der Waals surface area contributed by atoms with Crippen molar-refractivity contribution in [1.82, 2.24) is 4.90 Å². The van der Waals surface area contributed by atoms with Gasteiger partial charge in [-0.05, 0) is 32.9 Å². The minimum absolute atomic E-state index is 0.0741. The van der Waals surface area contributed by atoms with Gasteiger partial charge in [0.15, 0.2) is 0 Å². The molecule has 0 radical (unpaired) electrons. The number of rotatable bonds is 4. The fraction of sp³-hybridized carbons (Fsp3) is 0.900. The van der Waals surface area contributed by atoms with Crippen LogP contribution in [-0.2, 0) is 0 Å². The Morgan fingerprint density at radius 1 is 1.58 bits per heavy atom. The topological polar surface area (TPSA) is 27.0 Å². The number of hydrogen-bond donors (Lipinski definition) is 0. The van der Waals surface area contributed by atoms with Gasteiger partial charge in [-0.1, -0.05) is 19.3 Å². The largest absolute Gasteiger partial charge is 0.291 e. The van der Waals surface area contributed by atoms with Crippen molar-refractivity contribution in [2.24, 2.45) is 5.92 Å². The van der Waals surface area contributed by atoms with E-state index in [0.29, 0.717) is 0 Å². The highest BCUT2D eigenvalue weighted by Gasteiger charge is 2.18. The zero-order valence-electron chi connectivity index (χ0n) is 8.08. The van der Waals surface area contributed by atoms with E-state index in [1.807, 2.05) is 14.0 Å². The lowest BCUT2D eigenvalue weighted by atomic mass is 9.83. The Hall–Kier alpha value is -0.550. The molecule has 1 rings (SSSR count). The van der Waals surface area contributed by atoms with Gasteiger partial charge in [0, 0.05) is 0 Å². The molecule has 0 aromatic rings. The van der Waals surface area contributed by atoms with E-state index < -0.39 is 0 Å². The van der Waals surface area contributed by atoms with Crippen molar-refractivity contribution in [2.75, 3.05) is 13.6 Å². The third-order valence-electron chi connectivity index (χ3n) is 2.96. The van der Waals surface area contributed by atoms with E-state index in [1.54, 1.807) is 0 Å². The van der Waals surface area contributed by atoms with E-state index in [-0.39, 0.29) is 6.04 Å².